The van der Waals surface area contributed by atoms with Crippen molar-refractivity contribution in [3.8, 4) is 11.1 Å². The molecule has 0 aliphatic heterocycles. The van der Waals surface area contributed by atoms with E-state index in [2.05, 4.69) is 10.6 Å². The summed E-state index contributed by atoms with van der Waals surface area (Å²) in [6, 6.07) is 13.1. The van der Waals surface area contributed by atoms with Crippen LogP contribution in [0.25, 0.3) is 11.1 Å². The first-order valence-corrected chi connectivity index (χ1v) is 11.7. The first kappa shape index (κ1) is 26.1. The molecular weight excluding hydrogens is 458 g/mol. The number of carboxylic acid groups (broad SMARTS) is 1. The van der Waals surface area contributed by atoms with E-state index in [0.29, 0.717) is 12.8 Å². The number of amides is 2. The van der Waals surface area contributed by atoms with Crippen LogP contribution in [0.5, 0.6) is 0 Å². The number of benzene rings is 2. The van der Waals surface area contributed by atoms with Crippen LogP contribution in [0.4, 0.5) is 13.6 Å². The molecule has 7 nitrogen and oxygen atoms in total. The quantitative estimate of drug-likeness (QED) is 0.402. The summed E-state index contributed by atoms with van der Waals surface area (Å²) in [4.78, 5) is 35.7. The molecule has 2 amide bonds. The molecule has 0 spiro atoms. The molecule has 2 aromatic rings. The minimum absolute atomic E-state index is 0.0419. The van der Waals surface area contributed by atoms with Crippen LogP contribution in [0.15, 0.2) is 48.5 Å². The van der Waals surface area contributed by atoms with Gasteiger partial charge in [0.1, 0.15) is 12.6 Å². The number of alkyl carbamates (subject to hydrolysis) is 1. The molecule has 0 fully saturated rings. The maximum absolute atomic E-state index is 13.6. The molecule has 1 aliphatic carbocycles. The van der Waals surface area contributed by atoms with E-state index in [4.69, 9.17) is 9.84 Å². The van der Waals surface area contributed by atoms with E-state index in [1.807, 2.05) is 55.5 Å². The zero-order valence-corrected chi connectivity index (χ0v) is 19.5. The highest BCUT2D eigenvalue weighted by Gasteiger charge is 2.31. The SMILES string of the molecule is CCCC[C@H](CC(=O)O)NC(=O)CC(NC(=O)OCC1c2ccccc2-c2ccccc21)C(F)F. The fraction of sp³-hybridized carbons (Fsp3) is 0.423. The molecule has 1 aliphatic rings. The number of fused-ring (bicyclic) bond motifs is 3. The molecule has 0 saturated carbocycles. The summed E-state index contributed by atoms with van der Waals surface area (Å²) in [5, 5.41) is 13.6. The van der Waals surface area contributed by atoms with Crippen LogP contribution >= 0.6 is 0 Å². The topological polar surface area (TPSA) is 105 Å². The molecule has 0 radical (unpaired) electrons. The van der Waals surface area contributed by atoms with Gasteiger partial charge < -0.3 is 20.5 Å². The molecule has 0 aromatic heterocycles. The first-order chi connectivity index (χ1) is 16.8. The number of alkyl halides is 2. The van der Waals surface area contributed by atoms with E-state index in [1.54, 1.807) is 0 Å². The van der Waals surface area contributed by atoms with E-state index in [1.165, 1.54) is 0 Å². The molecule has 0 heterocycles. The number of hydrogen-bond donors (Lipinski definition) is 3. The Balaban J connectivity index is 1.57. The third kappa shape index (κ3) is 7.00. The molecule has 188 valence electrons. The van der Waals surface area contributed by atoms with Gasteiger partial charge >= 0.3 is 12.1 Å². The summed E-state index contributed by atoms with van der Waals surface area (Å²) in [5.74, 6) is -2.07. The third-order valence-corrected chi connectivity index (χ3v) is 6.05. The average Bonchev–Trinajstić information content (AvgIpc) is 3.14. The van der Waals surface area contributed by atoms with Gasteiger partial charge in [-0.3, -0.25) is 9.59 Å². The number of carboxylic acids is 1. The van der Waals surface area contributed by atoms with Crippen molar-refractivity contribution in [2.75, 3.05) is 6.61 Å². The van der Waals surface area contributed by atoms with Gasteiger partial charge in [-0.05, 0) is 28.7 Å². The van der Waals surface area contributed by atoms with Gasteiger partial charge in [-0.1, -0.05) is 68.3 Å². The fourth-order valence-electron chi connectivity index (χ4n) is 4.37. The normalized spacial score (nSPS) is 14.1. The summed E-state index contributed by atoms with van der Waals surface area (Å²) in [5.41, 5.74) is 4.06. The monoisotopic (exact) mass is 488 g/mol. The number of hydrogen-bond acceptors (Lipinski definition) is 4. The number of halogens is 2. The van der Waals surface area contributed by atoms with Gasteiger partial charge in [0.25, 0.3) is 6.43 Å². The minimum Gasteiger partial charge on any atom is -0.481 e. The third-order valence-electron chi connectivity index (χ3n) is 6.05. The number of aliphatic carboxylic acids is 1. The molecule has 35 heavy (non-hydrogen) atoms. The smallest absolute Gasteiger partial charge is 0.407 e. The van der Waals surface area contributed by atoms with Crippen LogP contribution in [0.3, 0.4) is 0 Å². The zero-order valence-electron chi connectivity index (χ0n) is 19.5. The van der Waals surface area contributed by atoms with Gasteiger partial charge in [-0.2, -0.15) is 0 Å². The lowest BCUT2D eigenvalue weighted by Gasteiger charge is -2.21. The highest BCUT2D eigenvalue weighted by atomic mass is 19.3. The van der Waals surface area contributed by atoms with Crippen LogP contribution in [0.1, 0.15) is 56.1 Å². The van der Waals surface area contributed by atoms with Gasteiger partial charge in [0.2, 0.25) is 5.91 Å². The molecule has 3 N–H and O–H groups in total. The Hall–Kier alpha value is -3.49. The van der Waals surface area contributed by atoms with E-state index in [9.17, 15) is 23.2 Å². The van der Waals surface area contributed by atoms with Gasteiger partial charge in [-0.25, -0.2) is 13.6 Å². The molecule has 3 rings (SSSR count). The lowest BCUT2D eigenvalue weighted by molar-refractivity contribution is -0.137. The number of carbonyl (C=O) groups excluding carboxylic acids is 2. The zero-order chi connectivity index (χ0) is 25.4. The second-order valence-electron chi connectivity index (χ2n) is 8.62. The summed E-state index contributed by atoms with van der Waals surface area (Å²) in [6.07, 6.45) is -3.13. The summed E-state index contributed by atoms with van der Waals surface area (Å²) >= 11 is 0. The molecule has 1 unspecified atom stereocenters. The predicted molar refractivity (Wildman–Crippen MR) is 126 cm³/mol. The van der Waals surface area contributed by atoms with E-state index < -0.39 is 42.9 Å². The fourth-order valence-corrected chi connectivity index (χ4v) is 4.37. The molecule has 2 atom stereocenters. The molecule has 9 heteroatoms. The highest BCUT2D eigenvalue weighted by molar-refractivity contribution is 5.80. The van der Waals surface area contributed by atoms with Gasteiger partial charge in [0.15, 0.2) is 0 Å². The van der Waals surface area contributed by atoms with E-state index in [0.717, 1.165) is 28.7 Å². The minimum atomic E-state index is -3.00. The van der Waals surface area contributed by atoms with Crippen molar-refractivity contribution in [2.45, 2.75) is 63.5 Å². The lowest BCUT2D eigenvalue weighted by atomic mass is 9.98. The van der Waals surface area contributed by atoms with Crippen LogP contribution < -0.4 is 10.6 Å². The van der Waals surface area contributed by atoms with Crippen molar-refractivity contribution < 1.29 is 33.0 Å². The average molecular weight is 489 g/mol. The van der Waals surface area contributed by atoms with Crippen LogP contribution in [-0.2, 0) is 14.3 Å². The number of nitrogens with one attached hydrogen (secondary N) is 2. The standard InChI is InChI=1S/C26H30F2N2O5/c1-2-3-8-16(13-24(32)33)29-23(31)14-22(25(27)28)30-26(34)35-15-21-19-11-6-4-9-17(19)18-10-5-7-12-20(18)21/h4-7,9-12,16,21-22,25H,2-3,8,13-15H2,1H3,(H,29,31)(H,30,34)(H,32,33)/t16-,22?/m1/s1. The van der Waals surface area contributed by atoms with Gasteiger partial charge in [0, 0.05) is 12.0 Å². The predicted octanol–water partition coefficient (Wildman–Crippen LogP) is 4.70. The van der Waals surface area contributed by atoms with Crippen molar-refractivity contribution in [2.24, 2.45) is 0 Å². The maximum atomic E-state index is 13.6. The summed E-state index contributed by atoms with van der Waals surface area (Å²) in [6.45, 7) is 1.88. The Bertz CT molecular complexity index is 1000. The van der Waals surface area contributed by atoms with Gasteiger partial charge in [0.05, 0.1) is 12.8 Å². The Labute approximate surface area is 202 Å². The van der Waals surface area contributed by atoms with E-state index in [-0.39, 0.29) is 18.9 Å². The first-order valence-electron chi connectivity index (χ1n) is 11.7. The second kappa shape index (κ2) is 12.3. The van der Waals surface area contributed by atoms with Crippen molar-refractivity contribution in [1.82, 2.24) is 10.6 Å². The van der Waals surface area contributed by atoms with Crippen molar-refractivity contribution >= 4 is 18.0 Å². The number of unbranched alkanes of at least 4 members (excludes halogenated alkanes) is 1. The van der Waals surface area contributed by atoms with Gasteiger partial charge in [-0.15, -0.1) is 0 Å². The Kier molecular flexibility index (Phi) is 9.17. The van der Waals surface area contributed by atoms with Crippen LogP contribution in [0.2, 0.25) is 0 Å². The van der Waals surface area contributed by atoms with E-state index >= 15 is 0 Å². The second-order valence-corrected chi connectivity index (χ2v) is 8.62. The maximum Gasteiger partial charge on any atom is 0.407 e. The van der Waals surface area contributed by atoms with Crippen molar-refractivity contribution in [3.05, 3.63) is 59.7 Å². The number of ether oxygens (including phenoxy) is 1. The molecule has 2 aromatic carbocycles. The van der Waals surface area contributed by atoms with Crippen molar-refractivity contribution in [3.63, 3.8) is 0 Å². The highest BCUT2D eigenvalue weighted by Crippen LogP contribution is 2.44. The molecule has 0 bridgehead atoms. The van der Waals surface area contributed by atoms with Crippen molar-refractivity contribution in [1.29, 1.82) is 0 Å². The lowest BCUT2D eigenvalue weighted by Crippen LogP contribution is -2.46. The largest absolute Gasteiger partial charge is 0.481 e. The molecule has 0 saturated heterocycles. The summed E-state index contributed by atoms with van der Waals surface area (Å²) < 4.78 is 32.4. The molecular formula is C26H30F2N2O5. The summed E-state index contributed by atoms with van der Waals surface area (Å²) in [7, 11) is 0. The van der Waals surface area contributed by atoms with Crippen LogP contribution in [-0.4, -0.2) is 48.2 Å². The Morgan fingerprint density at radius 1 is 0.971 bits per heavy atom. The number of rotatable bonds is 12. The Morgan fingerprint density at radius 2 is 1.57 bits per heavy atom. The van der Waals surface area contributed by atoms with Crippen LogP contribution in [0, 0.1) is 0 Å². The Morgan fingerprint density at radius 3 is 2.11 bits per heavy atom. The number of carbonyl (C=O) groups is 3.